The number of ether oxygens (including phenoxy) is 2. The highest BCUT2D eigenvalue weighted by molar-refractivity contribution is 5.92. The number of nitrogens with zero attached hydrogens (tertiary/aromatic N) is 1. The molecule has 1 aliphatic heterocycles. The second-order valence-corrected chi connectivity index (χ2v) is 7.24. The van der Waals surface area contributed by atoms with E-state index in [2.05, 4.69) is 0 Å². The number of rotatable bonds is 3. The lowest BCUT2D eigenvalue weighted by Gasteiger charge is -2.27. The van der Waals surface area contributed by atoms with E-state index in [-0.39, 0.29) is 17.9 Å². The summed E-state index contributed by atoms with van der Waals surface area (Å²) >= 11 is 0. The van der Waals surface area contributed by atoms with E-state index in [4.69, 9.17) is 9.47 Å². The molecule has 1 aliphatic rings. The molecule has 1 atom stereocenters. The quantitative estimate of drug-likeness (QED) is 0.480. The van der Waals surface area contributed by atoms with E-state index < -0.39 is 5.92 Å². The third-order valence-corrected chi connectivity index (χ3v) is 5.51. The predicted octanol–water partition coefficient (Wildman–Crippen LogP) is 4.44. The van der Waals surface area contributed by atoms with E-state index in [9.17, 15) is 9.59 Å². The van der Waals surface area contributed by atoms with Crippen LogP contribution >= 0.6 is 0 Å². The number of pyridine rings is 1. The monoisotopic (exact) mass is 397 g/mol. The average Bonchev–Trinajstić information content (AvgIpc) is 2.79. The van der Waals surface area contributed by atoms with Gasteiger partial charge in [0.2, 0.25) is 0 Å². The lowest BCUT2D eigenvalue weighted by atomic mass is 9.86. The van der Waals surface area contributed by atoms with Gasteiger partial charge in [-0.1, -0.05) is 42.5 Å². The van der Waals surface area contributed by atoms with Crippen LogP contribution in [0.25, 0.3) is 16.6 Å². The number of hydrogen-bond acceptors (Lipinski definition) is 4. The van der Waals surface area contributed by atoms with Crippen LogP contribution in [-0.2, 0) is 4.79 Å². The summed E-state index contributed by atoms with van der Waals surface area (Å²) in [7, 11) is 1.60. The van der Waals surface area contributed by atoms with Crippen molar-refractivity contribution in [2.75, 3.05) is 7.11 Å². The first-order valence-electron chi connectivity index (χ1n) is 9.75. The fourth-order valence-electron chi connectivity index (χ4n) is 4.15. The summed E-state index contributed by atoms with van der Waals surface area (Å²) in [6.45, 7) is 0. The normalized spacial score (nSPS) is 15.5. The van der Waals surface area contributed by atoms with Crippen LogP contribution in [0.3, 0.4) is 0 Å². The molecule has 0 radical (unpaired) electrons. The number of hydrogen-bond donors (Lipinski definition) is 0. The first-order chi connectivity index (χ1) is 14.7. The van der Waals surface area contributed by atoms with Gasteiger partial charge in [0, 0.05) is 17.0 Å². The van der Waals surface area contributed by atoms with Crippen LogP contribution in [0.1, 0.15) is 23.5 Å². The molecule has 2 heterocycles. The van der Waals surface area contributed by atoms with Crippen molar-refractivity contribution in [3.8, 4) is 17.2 Å². The largest absolute Gasteiger partial charge is 0.497 e. The highest BCUT2D eigenvalue weighted by atomic mass is 16.5. The van der Waals surface area contributed by atoms with Gasteiger partial charge in [0.25, 0.3) is 5.56 Å². The SMILES string of the molecule is COc1cccc(C2CC(=O)Oc3c2c(=O)n(-c2ccccc2)c2ccccc32)c1. The molecule has 0 bridgehead atoms. The van der Waals surface area contributed by atoms with Crippen LogP contribution in [0.2, 0.25) is 0 Å². The van der Waals surface area contributed by atoms with E-state index in [0.717, 1.165) is 16.6 Å². The molecule has 4 aromatic rings. The minimum Gasteiger partial charge on any atom is -0.497 e. The van der Waals surface area contributed by atoms with Gasteiger partial charge in [-0.25, -0.2) is 0 Å². The number of esters is 1. The maximum Gasteiger partial charge on any atom is 0.312 e. The fourth-order valence-corrected chi connectivity index (χ4v) is 4.15. The molecule has 0 N–H and O–H groups in total. The highest BCUT2D eigenvalue weighted by Crippen LogP contribution is 2.41. The summed E-state index contributed by atoms with van der Waals surface area (Å²) in [5.74, 6) is 0.268. The van der Waals surface area contributed by atoms with Crippen molar-refractivity contribution >= 4 is 16.9 Å². The molecule has 0 amide bonds. The van der Waals surface area contributed by atoms with Gasteiger partial charge in [-0.15, -0.1) is 0 Å². The van der Waals surface area contributed by atoms with Gasteiger partial charge in [-0.2, -0.15) is 0 Å². The van der Waals surface area contributed by atoms with Crippen molar-refractivity contribution in [2.45, 2.75) is 12.3 Å². The molecule has 0 saturated heterocycles. The molecular formula is C25H19NO4. The molecule has 0 fully saturated rings. The number of para-hydroxylation sites is 2. The Labute approximate surface area is 173 Å². The summed E-state index contributed by atoms with van der Waals surface area (Å²) in [4.78, 5) is 26.3. The molecule has 30 heavy (non-hydrogen) atoms. The van der Waals surface area contributed by atoms with E-state index in [0.29, 0.717) is 22.6 Å². The van der Waals surface area contributed by atoms with Crippen molar-refractivity contribution < 1.29 is 14.3 Å². The summed E-state index contributed by atoms with van der Waals surface area (Å²) in [6.07, 6.45) is 0.0997. The van der Waals surface area contributed by atoms with E-state index in [1.54, 1.807) is 11.7 Å². The Bertz CT molecular complexity index is 1320. The lowest BCUT2D eigenvalue weighted by molar-refractivity contribution is -0.135. The van der Waals surface area contributed by atoms with Gasteiger partial charge in [0.15, 0.2) is 0 Å². The van der Waals surface area contributed by atoms with E-state index in [1.165, 1.54) is 0 Å². The highest BCUT2D eigenvalue weighted by Gasteiger charge is 2.34. The minimum atomic E-state index is -0.414. The Morgan fingerprint density at radius 2 is 1.70 bits per heavy atom. The Morgan fingerprint density at radius 1 is 0.933 bits per heavy atom. The molecule has 0 aliphatic carbocycles. The van der Waals surface area contributed by atoms with Gasteiger partial charge in [0.05, 0.1) is 24.6 Å². The second kappa shape index (κ2) is 7.19. The molecule has 3 aromatic carbocycles. The first kappa shape index (κ1) is 18.2. The van der Waals surface area contributed by atoms with Crippen molar-refractivity contribution in [1.82, 2.24) is 4.57 Å². The van der Waals surface area contributed by atoms with Gasteiger partial charge in [-0.3, -0.25) is 14.2 Å². The van der Waals surface area contributed by atoms with E-state index >= 15 is 0 Å². The molecule has 5 rings (SSSR count). The number of carbonyl (C=O) groups excluding carboxylic acids is 1. The molecule has 5 heteroatoms. The topological polar surface area (TPSA) is 57.5 Å². The number of benzene rings is 3. The maximum atomic E-state index is 13.8. The van der Waals surface area contributed by atoms with Crippen LogP contribution < -0.4 is 15.0 Å². The molecule has 0 saturated carbocycles. The van der Waals surface area contributed by atoms with Crippen LogP contribution in [0, 0.1) is 0 Å². The number of methoxy groups -OCH3 is 1. The van der Waals surface area contributed by atoms with Crippen LogP contribution in [0.5, 0.6) is 11.5 Å². The Balaban J connectivity index is 1.86. The Kier molecular flexibility index (Phi) is 4.36. The summed E-state index contributed by atoms with van der Waals surface area (Å²) < 4.78 is 12.7. The molecule has 0 spiro atoms. The van der Waals surface area contributed by atoms with Crippen LogP contribution in [-0.4, -0.2) is 17.6 Å². The maximum absolute atomic E-state index is 13.8. The number of fused-ring (bicyclic) bond motifs is 3. The summed E-state index contributed by atoms with van der Waals surface area (Å²) in [5, 5.41) is 0.733. The zero-order chi connectivity index (χ0) is 20.7. The van der Waals surface area contributed by atoms with Crippen LogP contribution in [0.4, 0.5) is 0 Å². The lowest BCUT2D eigenvalue weighted by Crippen LogP contribution is -2.32. The Hall–Kier alpha value is -3.86. The molecule has 1 aromatic heterocycles. The minimum absolute atomic E-state index is 0.0997. The average molecular weight is 397 g/mol. The standard InChI is InChI=1S/C25H19NO4/c1-29-18-11-7-8-16(14-18)20-15-22(27)30-24-19-12-5-6-13-21(19)26(25(28)23(20)24)17-9-3-2-4-10-17/h2-14,20H,15H2,1H3. The van der Waals surface area contributed by atoms with Crippen molar-refractivity contribution in [2.24, 2.45) is 0 Å². The van der Waals surface area contributed by atoms with Gasteiger partial charge >= 0.3 is 5.97 Å². The van der Waals surface area contributed by atoms with Crippen LogP contribution in [0.15, 0.2) is 83.7 Å². The van der Waals surface area contributed by atoms with Crippen molar-refractivity contribution in [3.63, 3.8) is 0 Å². The molecule has 1 unspecified atom stereocenters. The molecule has 148 valence electrons. The number of carbonyl (C=O) groups is 1. The zero-order valence-electron chi connectivity index (χ0n) is 16.4. The number of aromatic nitrogens is 1. The first-order valence-corrected chi connectivity index (χ1v) is 9.75. The second-order valence-electron chi connectivity index (χ2n) is 7.24. The van der Waals surface area contributed by atoms with Gasteiger partial charge < -0.3 is 9.47 Å². The Morgan fingerprint density at radius 3 is 2.50 bits per heavy atom. The predicted molar refractivity (Wildman–Crippen MR) is 115 cm³/mol. The van der Waals surface area contributed by atoms with Crippen molar-refractivity contribution in [1.29, 1.82) is 0 Å². The zero-order valence-corrected chi connectivity index (χ0v) is 16.4. The summed E-state index contributed by atoms with van der Waals surface area (Å²) in [5.41, 5.74) is 2.62. The smallest absolute Gasteiger partial charge is 0.312 e. The summed E-state index contributed by atoms with van der Waals surface area (Å²) in [6, 6.07) is 24.5. The molecular weight excluding hydrogens is 378 g/mol. The van der Waals surface area contributed by atoms with Gasteiger partial charge in [-0.05, 0) is 42.0 Å². The van der Waals surface area contributed by atoms with Gasteiger partial charge in [0.1, 0.15) is 11.5 Å². The van der Waals surface area contributed by atoms with Crippen molar-refractivity contribution in [3.05, 3.63) is 100 Å². The third kappa shape index (κ3) is 2.87. The van der Waals surface area contributed by atoms with E-state index in [1.807, 2.05) is 78.9 Å². The fraction of sp³-hybridized carbons (Fsp3) is 0.120. The third-order valence-electron chi connectivity index (χ3n) is 5.51. The molecule has 5 nitrogen and oxygen atoms in total.